The summed E-state index contributed by atoms with van der Waals surface area (Å²) in [6, 6.07) is 5.33. The van der Waals surface area contributed by atoms with Gasteiger partial charge in [-0.1, -0.05) is 18.6 Å². The molecule has 116 valence electrons. The molecule has 1 saturated carbocycles. The van der Waals surface area contributed by atoms with Crippen molar-refractivity contribution in [1.29, 1.82) is 0 Å². The van der Waals surface area contributed by atoms with Gasteiger partial charge in [-0.15, -0.1) is 0 Å². The first kappa shape index (κ1) is 16.0. The lowest BCUT2D eigenvalue weighted by atomic mass is 9.85. The van der Waals surface area contributed by atoms with Crippen LogP contribution >= 0.6 is 0 Å². The monoisotopic (exact) mass is 310 g/mol. The van der Waals surface area contributed by atoms with Crippen LogP contribution in [0.1, 0.15) is 30.4 Å². The molecule has 1 aliphatic rings. The fourth-order valence-electron chi connectivity index (χ4n) is 2.26. The molecular weight excluding hydrogens is 288 g/mol. The van der Waals surface area contributed by atoms with E-state index in [0.717, 1.165) is 24.8 Å². The zero-order valence-corrected chi connectivity index (χ0v) is 13.3. The van der Waals surface area contributed by atoms with Gasteiger partial charge in [-0.3, -0.25) is 4.79 Å². The molecule has 1 amide bonds. The highest BCUT2D eigenvalue weighted by atomic mass is 32.2. The first-order valence-electron chi connectivity index (χ1n) is 7.25. The highest BCUT2D eigenvalue weighted by Gasteiger charge is 2.24. The number of amides is 1. The molecular formula is C15H22N2O3S. The van der Waals surface area contributed by atoms with Crippen molar-refractivity contribution in [2.24, 2.45) is 5.92 Å². The summed E-state index contributed by atoms with van der Waals surface area (Å²) in [6.45, 7) is 4.15. The molecule has 1 fully saturated rings. The van der Waals surface area contributed by atoms with Gasteiger partial charge >= 0.3 is 0 Å². The first-order chi connectivity index (χ1) is 9.90. The Bertz CT molecular complexity index is 622. The molecule has 0 unspecified atom stereocenters. The van der Waals surface area contributed by atoms with Crippen LogP contribution in [-0.4, -0.2) is 27.4 Å². The van der Waals surface area contributed by atoms with Gasteiger partial charge in [0.05, 0.1) is 4.90 Å². The summed E-state index contributed by atoms with van der Waals surface area (Å²) in [5.74, 6) is 0.160. The van der Waals surface area contributed by atoms with E-state index in [1.54, 1.807) is 19.1 Å². The Morgan fingerprint density at radius 1 is 1.24 bits per heavy atom. The topological polar surface area (TPSA) is 75.3 Å². The Balaban J connectivity index is 1.86. The highest BCUT2D eigenvalue weighted by Crippen LogP contribution is 2.25. The van der Waals surface area contributed by atoms with Gasteiger partial charge in [0.2, 0.25) is 15.9 Å². The van der Waals surface area contributed by atoms with Crippen LogP contribution < -0.4 is 10.0 Å². The van der Waals surface area contributed by atoms with E-state index in [1.165, 1.54) is 0 Å². The van der Waals surface area contributed by atoms with Crippen LogP contribution in [0.3, 0.4) is 0 Å². The Morgan fingerprint density at radius 3 is 2.57 bits per heavy atom. The fraction of sp³-hybridized carbons (Fsp3) is 0.533. The Hall–Kier alpha value is -1.40. The van der Waals surface area contributed by atoms with Crippen molar-refractivity contribution < 1.29 is 13.2 Å². The first-order valence-corrected chi connectivity index (χ1v) is 8.73. The summed E-state index contributed by atoms with van der Waals surface area (Å²) in [5.41, 5.74) is 1.62. The maximum absolute atomic E-state index is 12.2. The number of hydrogen-bond acceptors (Lipinski definition) is 3. The number of nitrogens with one attached hydrogen (secondary N) is 2. The standard InChI is InChI=1S/C15H22N2O3S/c1-11-6-7-12(2)14(10-11)21(19,20)17-9-8-16-15(18)13-4-3-5-13/h6-7,10,13,17H,3-5,8-9H2,1-2H3,(H,16,18). The molecule has 0 spiro atoms. The Kier molecular flexibility index (Phi) is 5.00. The number of carbonyl (C=O) groups is 1. The second kappa shape index (κ2) is 6.58. The lowest BCUT2D eigenvalue weighted by molar-refractivity contribution is -0.127. The molecule has 5 nitrogen and oxygen atoms in total. The average molecular weight is 310 g/mol. The summed E-state index contributed by atoms with van der Waals surface area (Å²) in [7, 11) is -3.52. The molecule has 6 heteroatoms. The minimum atomic E-state index is -3.52. The summed E-state index contributed by atoms with van der Waals surface area (Å²) in [6.07, 6.45) is 3.00. The van der Waals surface area contributed by atoms with Gasteiger partial charge in [0, 0.05) is 19.0 Å². The van der Waals surface area contributed by atoms with Gasteiger partial charge in [0.1, 0.15) is 0 Å². The third kappa shape index (κ3) is 4.04. The molecule has 2 N–H and O–H groups in total. The minimum absolute atomic E-state index is 0.0344. The van der Waals surface area contributed by atoms with Gasteiger partial charge in [-0.2, -0.15) is 0 Å². The second-order valence-corrected chi connectivity index (χ2v) is 7.32. The maximum Gasteiger partial charge on any atom is 0.240 e. The Labute approximate surface area is 126 Å². The van der Waals surface area contributed by atoms with E-state index in [4.69, 9.17) is 0 Å². The molecule has 0 aromatic heterocycles. The van der Waals surface area contributed by atoms with E-state index < -0.39 is 10.0 Å². The fourth-order valence-corrected chi connectivity index (χ4v) is 3.62. The molecule has 0 saturated heterocycles. The van der Waals surface area contributed by atoms with Crippen molar-refractivity contribution >= 4 is 15.9 Å². The molecule has 1 aromatic carbocycles. The quantitative estimate of drug-likeness (QED) is 0.782. The molecule has 2 rings (SSSR count). The second-order valence-electron chi connectivity index (χ2n) is 5.59. The van der Waals surface area contributed by atoms with Crippen molar-refractivity contribution in [3.8, 4) is 0 Å². The van der Waals surface area contributed by atoms with E-state index in [1.807, 2.05) is 13.0 Å². The van der Waals surface area contributed by atoms with Crippen molar-refractivity contribution in [3.63, 3.8) is 0 Å². The zero-order chi connectivity index (χ0) is 15.5. The largest absolute Gasteiger partial charge is 0.355 e. The number of aryl methyl sites for hydroxylation is 2. The molecule has 1 aromatic rings. The Morgan fingerprint density at radius 2 is 1.95 bits per heavy atom. The normalized spacial score (nSPS) is 15.5. The van der Waals surface area contributed by atoms with Crippen LogP contribution in [0.15, 0.2) is 23.1 Å². The van der Waals surface area contributed by atoms with Gasteiger partial charge in [-0.05, 0) is 43.9 Å². The molecule has 1 aliphatic carbocycles. The summed E-state index contributed by atoms with van der Waals surface area (Å²) in [4.78, 5) is 11.9. The van der Waals surface area contributed by atoms with Crippen molar-refractivity contribution in [3.05, 3.63) is 29.3 Å². The van der Waals surface area contributed by atoms with Gasteiger partial charge in [0.25, 0.3) is 0 Å². The smallest absolute Gasteiger partial charge is 0.240 e. The van der Waals surface area contributed by atoms with Gasteiger partial charge in [0.15, 0.2) is 0 Å². The lowest BCUT2D eigenvalue weighted by Crippen LogP contribution is -2.39. The third-order valence-corrected chi connectivity index (χ3v) is 5.43. The van der Waals surface area contributed by atoms with Gasteiger partial charge < -0.3 is 5.32 Å². The molecule has 21 heavy (non-hydrogen) atoms. The summed E-state index contributed by atoms with van der Waals surface area (Å²) < 4.78 is 27.0. The molecule has 0 heterocycles. The molecule has 0 aliphatic heterocycles. The van der Waals surface area contributed by atoms with E-state index in [0.29, 0.717) is 17.0 Å². The number of carbonyl (C=O) groups excluding carboxylic acids is 1. The highest BCUT2D eigenvalue weighted by molar-refractivity contribution is 7.89. The zero-order valence-electron chi connectivity index (χ0n) is 12.5. The lowest BCUT2D eigenvalue weighted by Gasteiger charge is -2.24. The molecule has 0 atom stereocenters. The van der Waals surface area contributed by atoms with Crippen LogP contribution in [0.5, 0.6) is 0 Å². The van der Waals surface area contributed by atoms with E-state index >= 15 is 0 Å². The summed E-state index contributed by atoms with van der Waals surface area (Å²) >= 11 is 0. The average Bonchev–Trinajstić information content (AvgIpc) is 2.35. The van der Waals surface area contributed by atoms with Crippen LogP contribution in [0.4, 0.5) is 0 Å². The number of hydrogen-bond donors (Lipinski definition) is 2. The predicted molar refractivity (Wildman–Crippen MR) is 81.5 cm³/mol. The van der Waals surface area contributed by atoms with E-state index in [2.05, 4.69) is 10.0 Å². The summed E-state index contributed by atoms with van der Waals surface area (Å²) in [5, 5.41) is 2.77. The van der Waals surface area contributed by atoms with Crippen molar-refractivity contribution in [2.75, 3.05) is 13.1 Å². The van der Waals surface area contributed by atoms with Gasteiger partial charge in [-0.25, -0.2) is 13.1 Å². The van der Waals surface area contributed by atoms with Crippen LogP contribution in [0.25, 0.3) is 0 Å². The third-order valence-electron chi connectivity index (χ3n) is 3.83. The van der Waals surface area contributed by atoms with E-state index in [-0.39, 0.29) is 18.4 Å². The minimum Gasteiger partial charge on any atom is -0.355 e. The maximum atomic E-state index is 12.2. The van der Waals surface area contributed by atoms with Crippen LogP contribution in [0, 0.1) is 19.8 Å². The SMILES string of the molecule is Cc1ccc(C)c(S(=O)(=O)NCCNC(=O)C2CCC2)c1. The van der Waals surface area contributed by atoms with Crippen LogP contribution in [0.2, 0.25) is 0 Å². The van der Waals surface area contributed by atoms with Crippen molar-refractivity contribution in [2.45, 2.75) is 38.0 Å². The van der Waals surface area contributed by atoms with Crippen molar-refractivity contribution in [1.82, 2.24) is 10.0 Å². The van der Waals surface area contributed by atoms with Crippen LogP contribution in [-0.2, 0) is 14.8 Å². The molecule has 0 radical (unpaired) electrons. The number of benzene rings is 1. The predicted octanol–water partition coefficient (Wildman–Crippen LogP) is 1.50. The van der Waals surface area contributed by atoms with E-state index in [9.17, 15) is 13.2 Å². The molecule has 0 bridgehead atoms. The number of sulfonamides is 1. The number of rotatable bonds is 6.